The molecule has 2 fully saturated rings. The summed E-state index contributed by atoms with van der Waals surface area (Å²) in [6.45, 7) is 3.60. The van der Waals surface area contributed by atoms with Crippen LogP contribution in [0.25, 0.3) is 22.2 Å². The summed E-state index contributed by atoms with van der Waals surface area (Å²) in [7, 11) is 0. The van der Waals surface area contributed by atoms with Gasteiger partial charge in [-0.15, -0.1) is 0 Å². The molecule has 1 saturated heterocycles. The number of hydrogen-bond donors (Lipinski definition) is 4. The van der Waals surface area contributed by atoms with Crippen molar-refractivity contribution in [1.82, 2.24) is 25.5 Å². The zero-order valence-corrected chi connectivity index (χ0v) is 19.8. The fourth-order valence-electron chi connectivity index (χ4n) is 5.37. The van der Waals surface area contributed by atoms with Crippen LogP contribution in [0.15, 0.2) is 24.3 Å². The average molecular weight is 463 g/mol. The number of nitrogen functional groups attached to an aromatic ring is 2. The van der Waals surface area contributed by atoms with E-state index in [-0.39, 0.29) is 23.8 Å². The highest BCUT2D eigenvalue weighted by molar-refractivity contribution is 5.91. The summed E-state index contributed by atoms with van der Waals surface area (Å²) < 4.78 is 0. The minimum Gasteiger partial charge on any atom is -0.382 e. The van der Waals surface area contributed by atoms with Crippen molar-refractivity contribution in [1.29, 1.82) is 0 Å². The lowest BCUT2D eigenvalue weighted by atomic mass is 9.88. The van der Waals surface area contributed by atoms with Crippen LogP contribution in [0.3, 0.4) is 0 Å². The molecule has 2 aliphatic rings. The number of nitrogens with two attached hydrogens (primary N) is 2. The molecule has 2 aromatic heterocycles. The van der Waals surface area contributed by atoms with Gasteiger partial charge in [-0.25, -0.2) is 4.98 Å². The molecule has 0 radical (unpaired) electrons. The minimum atomic E-state index is -0.0521. The number of aromatic amines is 1. The molecule has 2 unspecified atom stereocenters. The number of carbonyl (C=O) groups excluding carboxylic acids is 1. The predicted octanol–water partition coefficient (Wildman–Crippen LogP) is 3.49. The second-order valence-electron chi connectivity index (χ2n) is 9.86. The third-order valence-corrected chi connectivity index (χ3v) is 7.45. The topological polar surface area (TPSA) is 139 Å². The van der Waals surface area contributed by atoms with Gasteiger partial charge < -0.3 is 21.7 Å². The van der Waals surface area contributed by atoms with Gasteiger partial charge in [-0.05, 0) is 50.7 Å². The first kappa shape index (κ1) is 22.4. The quantitative estimate of drug-likeness (QED) is 0.455. The number of nitrogens with zero attached hydrogens (tertiary/aromatic N) is 4. The summed E-state index contributed by atoms with van der Waals surface area (Å²) in [4.78, 5) is 24.2. The Morgan fingerprint density at radius 2 is 1.94 bits per heavy atom. The van der Waals surface area contributed by atoms with E-state index in [0.717, 1.165) is 47.4 Å². The number of hydrogen-bond acceptors (Lipinski definition) is 7. The van der Waals surface area contributed by atoms with Crippen molar-refractivity contribution >= 4 is 34.4 Å². The number of carbonyl (C=O) groups is 1. The fraction of sp³-hybridized carbons (Fsp3) is 0.520. The molecular formula is C25H34N8O. The van der Waals surface area contributed by atoms with Crippen LogP contribution in [0.5, 0.6) is 0 Å². The van der Waals surface area contributed by atoms with Crippen LogP contribution >= 0.6 is 0 Å². The Morgan fingerprint density at radius 3 is 2.76 bits per heavy atom. The summed E-state index contributed by atoms with van der Waals surface area (Å²) in [5, 5.41) is 11.1. The molecule has 1 aromatic carbocycles. The van der Waals surface area contributed by atoms with Crippen LogP contribution in [0.4, 0.5) is 17.6 Å². The highest BCUT2D eigenvalue weighted by Gasteiger charge is 2.31. The van der Waals surface area contributed by atoms with Crippen molar-refractivity contribution in [2.24, 2.45) is 11.8 Å². The van der Waals surface area contributed by atoms with E-state index in [9.17, 15) is 4.79 Å². The van der Waals surface area contributed by atoms with Gasteiger partial charge in [0.25, 0.3) is 0 Å². The van der Waals surface area contributed by atoms with Crippen LogP contribution in [0.2, 0.25) is 0 Å². The summed E-state index contributed by atoms with van der Waals surface area (Å²) in [6.07, 6.45) is 8.18. The lowest BCUT2D eigenvalue weighted by Crippen LogP contribution is -2.48. The van der Waals surface area contributed by atoms with E-state index in [1.807, 2.05) is 24.3 Å². The summed E-state index contributed by atoms with van der Waals surface area (Å²) in [5.41, 5.74) is 14.5. The van der Waals surface area contributed by atoms with Gasteiger partial charge in [0.2, 0.25) is 11.9 Å². The van der Waals surface area contributed by atoms with E-state index in [4.69, 9.17) is 11.5 Å². The van der Waals surface area contributed by atoms with Crippen LogP contribution in [-0.4, -0.2) is 45.2 Å². The zero-order chi connectivity index (χ0) is 23.7. The van der Waals surface area contributed by atoms with Crippen molar-refractivity contribution in [3.8, 4) is 11.3 Å². The van der Waals surface area contributed by atoms with Crippen molar-refractivity contribution in [3.05, 3.63) is 24.3 Å². The fourth-order valence-corrected chi connectivity index (χ4v) is 5.37. The summed E-state index contributed by atoms with van der Waals surface area (Å²) >= 11 is 0. The third kappa shape index (κ3) is 4.64. The van der Waals surface area contributed by atoms with E-state index in [2.05, 4.69) is 37.3 Å². The molecule has 34 heavy (non-hydrogen) atoms. The molecule has 6 N–H and O–H groups in total. The second kappa shape index (κ2) is 9.48. The van der Waals surface area contributed by atoms with Crippen molar-refractivity contribution in [2.45, 2.75) is 57.9 Å². The zero-order valence-electron chi connectivity index (χ0n) is 19.8. The maximum Gasteiger partial charge on any atom is 0.224 e. The number of rotatable bonds is 5. The third-order valence-electron chi connectivity index (χ3n) is 7.45. The normalized spacial score (nSPS) is 21.6. The van der Waals surface area contributed by atoms with Crippen LogP contribution in [0, 0.1) is 11.8 Å². The van der Waals surface area contributed by atoms with Gasteiger partial charge in [-0.1, -0.05) is 25.3 Å². The molecule has 5 rings (SSSR count). The molecule has 1 amide bonds. The predicted molar refractivity (Wildman–Crippen MR) is 135 cm³/mol. The number of benzene rings is 1. The van der Waals surface area contributed by atoms with Gasteiger partial charge in [-0.2, -0.15) is 10.1 Å². The van der Waals surface area contributed by atoms with Crippen molar-refractivity contribution in [3.63, 3.8) is 0 Å². The number of aromatic nitrogens is 4. The Bertz CT molecular complexity index is 1170. The first-order chi connectivity index (χ1) is 16.5. The first-order valence-electron chi connectivity index (χ1n) is 12.4. The van der Waals surface area contributed by atoms with Crippen LogP contribution in [-0.2, 0) is 4.79 Å². The molecule has 3 aromatic rings. The highest BCUT2D eigenvalue weighted by atomic mass is 16.1. The molecule has 1 aliphatic heterocycles. The molecule has 3 heterocycles. The summed E-state index contributed by atoms with van der Waals surface area (Å²) in [6, 6.07) is 8.07. The lowest BCUT2D eigenvalue weighted by molar-refractivity contribution is -0.125. The molecule has 2 atom stereocenters. The largest absolute Gasteiger partial charge is 0.382 e. The first-order valence-corrected chi connectivity index (χ1v) is 12.4. The van der Waals surface area contributed by atoms with E-state index in [0.29, 0.717) is 18.3 Å². The van der Waals surface area contributed by atoms with E-state index in [1.54, 1.807) is 0 Å². The standard InChI is InChI=1S/C25H34N8O/c1-15-7-8-18(24(34)28-13-16-5-3-2-4-6-16)14-33(15)22-12-20(29-25(27)30-22)17-9-10-19-21(11-17)31-32-23(19)26/h9-12,15-16,18H,2-8,13-14H2,1H3,(H,28,34)(H3,26,31,32)(H2,27,29,30). The summed E-state index contributed by atoms with van der Waals surface area (Å²) in [5.74, 6) is 2.18. The Kier molecular flexibility index (Phi) is 6.26. The van der Waals surface area contributed by atoms with Gasteiger partial charge in [0.05, 0.1) is 17.1 Å². The van der Waals surface area contributed by atoms with E-state index < -0.39 is 0 Å². The Morgan fingerprint density at radius 1 is 1.12 bits per heavy atom. The minimum absolute atomic E-state index is 0.0521. The number of anilines is 3. The Balaban J connectivity index is 1.33. The van der Waals surface area contributed by atoms with Gasteiger partial charge in [0, 0.05) is 36.1 Å². The van der Waals surface area contributed by atoms with Gasteiger partial charge >= 0.3 is 0 Å². The monoisotopic (exact) mass is 462 g/mol. The molecule has 1 aliphatic carbocycles. The van der Waals surface area contributed by atoms with Crippen LogP contribution < -0.4 is 21.7 Å². The van der Waals surface area contributed by atoms with Gasteiger partial charge in [-0.3, -0.25) is 9.89 Å². The molecule has 1 saturated carbocycles. The molecule has 0 bridgehead atoms. The Hall–Kier alpha value is -3.36. The number of nitrogens with one attached hydrogen (secondary N) is 2. The highest BCUT2D eigenvalue weighted by Crippen LogP contribution is 2.31. The molecular weight excluding hydrogens is 428 g/mol. The maximum atomic E-state index is 13.0. The number of fused-ring (bicyclic) bond motifs is 1. The van der Waals surface area contributed by atoms with E-state index in [1.165, 1.54) is 32.1 Å². The lowest BCUT2D eigenvalue weighted by Gasteiger charge is -2.38. The number of H-pyrrole nitrogens is 1. The van der Waals surface area contributed by atoms with Crippen molar-refractivity contribution < 1.29 is 4.79 Å². The Labute approximate surface area is 199 Å². The van der Waals surface area contributed by atoms with Gasteiger partial charge in [0.1, 0.15) is 5.82 Å². The number of amides is 1. The SMILES string of the molecule is CC1CCC(C(=O)NCC2CCCCC2)CN1c1cc(-c2ccc3c(N)n[nH]c3c2)nc(N)n1. The number of piperidine rings is 1. The maximum absolute atomic E-state index is 13.0. The molecule has 9 heteroatoms. The average Bonchev–Trinajstić information content (AvgIpc) is 3.23. The van der Waals surface area contributed by atoms with E-state index >= 15 is 0 Å². The molecule has 0 spiro atoms. The smallest absolute Gasteiger partial charge is 0.224 e. The molecule has 9 nitrogen and oxygen atoms in total. The van der Waals surface area contributed by atoms with Crippen LogP contribution in [0.1, 0.15) is 51.9 Å². The second-order valence-corrected chi connectivity index (χ2v) is 9.86. The molecule has 180 valence electrons. The van der Waals surface area contributed by atoms with Crippen molar-refractivity contribution in [2.75, 3.05) is 29.5 Å². The van der Waals surface area contributed by atoms with Gasteiger partial charge in [0.15, 0.2) is 5.82 Å².